The molecule has 0 fully saturated rings. The number of alkyl halides is 3. The van der Waals surface area contributed by atoms with Crippen molar-refractivity contribution in [2.24, 2.45) is 0 Å². The van der Waals surface area contributed by atoms with Crippen LogP contribution in [0.15, 0.2) is 56.9 Å². The van der Waals surface area contributed by atoms with Gasteiger partial charge in [-0.2, -0.15) is 18.4 Å². The van der Waals surface area contributed by atoms with Crippen LogP contribution in [-0.2, 0) is 16.0 Å². The summed E-state index contributed by atoms with van der Waals surface area (Å²) in [5.74, 6) is -0.0298. The molecule has 0 aliphatic carbocycles. The van der Waals surface area contributed by atoms with Crippen LogP contribution in [0.2, 0.25) is 0 Å². The van der Waals surface area contributed by atoms with Crippen molar-refractivity contribution in [3.8, 4) is 11.8 Å². The Bertz CT molecular complexity index is 1340. The van der Waals surface area contributed by atoms with E-state index < -0.39 is 26.5 Å². The average molecular weight is 462 g/mol. The molecule has 0 saturated carbocycles. The standard InChI is InChI=1S/C23H21F3N2O3S/c1-14(2)21-12-17(11-18(13-27)32(29,30)22-9-10-31-16(22)4)15(3)28(21)20-8-6-5-7-19(20)23(24,25)26/h5-12,14H,1-4H3/b18-11+. The molecule has 1 aromatic carbocycles. The van der Waals surface area contributed by atoms with Crippen molar-refractivity contribution in [2.45, 2.75) is 44.7 Å². The zero-order valence-corrected chi connectivity index (χ0v) is 18.7. The molecule has 0 aliphatic rings. The van der Waals surface area contributed by atoms with Crippen molar-refractivity contribution < 1.29 is 26.0 Å². The van der Waals surface area contributed by atoms with E-state index in [0.29, 0.717) is 17.0 Å². The van der Waals surface area contributed by atoms with E-state index in [4.69, 9.17) is 4.42 Å². The van der Waals surface area contributed by atoms with Gasteiger partial charge in [-0.1, -0.05) is 26.0 Å². The Kier molecular flexibility index (Phi) is 6.11. The van der Waals surface area contributed by atoms with Gasteiger partial charge in [0, 0.05) is 11.4 Å². The van der Waals surface area contributed by atoms with Gasteiger partial charge in [0.15, 0.2) is 0 Å². The normalized spacial score (nSPS) is 12.9. The smallest absolute Gasteiger partial charge is 0.418 e. The summed E-state index contributed by atoms with van der Waals surface area (Å²) >= 11 is 0. The number of aryl methyl sites for hydroxylation is 1. The zero-order chi connectivity index (χ0) is 23.8. The first kappa shape index (κ1) is 23.4. The Hall–Kier alpha value is -3.25. The van der Waals surface area contributed by atoms with Crippen LogP contribution >= 0.6 is 0 Å². The van der Waals surface area contributed by atoms with E-state index in [-0.39, 0.29) is 22.3 Å². The van der Waals surface area contributed by atoms with E-state index in [2.05, 4.69) is 0 Å². The van der Waals surface area contributed by atoms with E-state index in [1.807, 2.05) is 13.8 Å². The number of halogens is 3. The van der Waals surface area contributed by atoms with Gasteiger partial charge in [0.1, 0.15) is 21.6 Å². The molecule has 5 nitrogen and oxygen atoms in total. The minimum absolute atomic E-state index is 0.0621. The van der Waals surface area contributed by atoms with Crippen LogP contribution in [0.1, 0.15) is 48.0 Å². The number of hydrogen-bond donors (Lipinski definition) is 0. The molecule has 2 heterocycles. The molecule has 0 atom stereocenters. The molecule has 0 saturated heterocycles. The highest BCUT2D eigenvalue weighted by Crippen LogP contribution is 2.37. The summed E-state index contributed by atoms with van der Waals surface area (Å²) in [6.45, 7) is 6.71. The molecule has 32 heavy (non-hydrogen) atoms. The van der Waals surface area contributed by atoms with Gasteiger partial charge < -0.3 is 8.98 Å². The fourth-order valence-corrected chi connectivity index (χ4v) is 4.83. The third kappa shape index (κ3) is 4.10. The highest BCUT2D eigenvalue weighted by atomic mass is 32.2. The van der Waals surface area contributed by atoms with Gasteiger partial charge in [-0.05, 0) is 55.7 Å². The van der Waals surface area contributed by atoms with Crippen molar-refractivity contribution in [3.05, 3.63) is 75.8 Å². The highest BCUT2D eigenvalue weighted by Gasteiger charge is 2.35. The summed E-state index contributed by atoms with van der Waals surface area (Å²) in [4.78, 5) is -0.657. The average Bonchev–Trinajstić information content (AvgIpc) is 3.29. The summed E-state index contributed by atoms with van der Waals surface area (Å²) in [5.41, 5.74) is 0.412. The zero-order valence-electron chi connectivity index (χ0n) is 17.9. The van der Waals surface area contributed by atoms with Crippen LogP contribution in [0.3, 0.4) is 0 Å². The minimum atomic E-state index is -4.57. The molecule has 3 aromatic rings. The van der Waals surface area contributed by atoms with Gasteiger partial charge in [-0.15, -0.1) is 0 Å². The summed E-state index contributed by atoms with van der Waals surface area (Å²) in [6.07, 6.45) is -2.17. The second-order valence-corrected chi connectivity index (χ2v) is 9.47. The van der Waals surface area contributed by atoms with Crippen LogP contribution < -0.4 is 0 Å². The van der Waals surface area contributed by atoms with Gasteiger partial charge in [0.2, 0.25) is 9.84 Å². The Labute approximate surface area is 184 Å². The molecule has 2 aromatic heterocycles. The van der Waals surface area contributed by atoms with Crippen LogP contribution in [0.4, 0.5) is 13.2 Å². The second-order valence-electron chi connectivity index (χ2n) is 7.58. The molecule has 0 spiro atoms. The lowest BCUT2D eigenvalue weighted by molar-refractivity contribution is -0.137. The number of nitriles is 1. The molecule has 0 aliphatic heterocycles. The van der Waals surface area contributed by atoms with E-state index in [9.17, 15) is 26.9 Å². The van der Waals surface area contributed by atoms with Crippen LogP contribution in [0, 0.1) is 25.2 Å². The molecule has 0 unspecified atom stereocenters. The van der Waals surface area contributed by atoms with Crippen molar-refractivity contribution >= 4 is 15.9 Å². The lowest BCUT2D eigenvalue weighted by Gasteiger charge is -2.19. The molecule has 0 bridgehead atoms. The number of sulfone groups is 1. The summed E-state index contributed by atoms with van der Waals surface area (Å²) in [6, 6.07) is 9.77. The minimum Gasteiger partial charge on any atom is -0.468 e. The van der Waals surface area contributed by atoms with E-state index in [1.165, 1.54) is 48.1 Å². The highest BCUT2D eigenvalue weighted by molar-refractivity contribution is 7.95. The van der Waals surface area contributed by atoms with Crippen molar-refractivity contribution in [1.29, 1.82) is 5.26 Å². The number of furan rings is 1. The first-order chi connectivity index (χ1) is 14.9. The van der Waals surface area contributed by atoms with Crippen LogP contribution in [0.25, 0.3) is 11.8 Å². The van der Waals surface area contributed by atoms with E-state index in [0.717, 1.165) is 6.07 Å². The third-order valence-corrected chi connectivity index (χ3v) is 6.93. The number of aromatic nitrogens is 1. The summed E-state index contributed by atoms with van der Waals surface area (Å²) in [7, 11) is -4.16. The van der Waals surface area contributed by atoms with Gasteiger partial charge in [-0.25, -0.2) is 8.42 Å². The topological polar surface area (TPSA) is 76.0 Å². The first-order valence-corrected chi connectivity index (χ1v) is 11.2. The third-order valence-electron chi connectivity index (χ3n) is 5.14. The molecule has 0 radical (unpaired) electrons. The van der Waals surface area contributed by atoms with E-state index >= 15 is 0 Å². The summed E-state index contributed by atoms with van der Waals surface area (Å²) < 4.78 is 73.4. The molecule has 0 N–H and O–H groups in total. The van der Waals surface area contributed by atoms with Crippen molar-refractivity contribution in [3.63, 3.8) is 0 Å². The molecule has 3 rings (SSSR count). The van der Waals surface area contributed by atoms with E-state index in [1.54, 1.807) is 19.1 Å². The fourth-order valence-electron chi connectivity index (χ4n) is 3.53. The maximum absolute atomic E-state index is 13.7. The maximum Gasteiger partial charge on any atom is 0.418 e. The number of benzene rings is 1. The largest absolute Gasteiger partial charge is 0.468 e. The Morgan fingerprint density at radius 1 is 1.19 bits per heavy atom. The molecular weight excluding hydrogens is 441 g/mol. The number of para-hydroxylation sites is 1. The quantitative estimate of drug-likeness (QED) is 0.425. The lowest BCUT2D eigenvalue weighted by Crippen LogP contribution is -2.13. The maximum atomic E-state index is 13.7. The number of nitrogens with zero attached hydrogens (tertiary/aromatic N) is 2. The Morgan fingerprint density at radius 2 is 1.84 bits per heavy atom. The SMILES string of the molecule is Cc1occc1S(=O)(=O)/C(C#N)=C/c1cc(C(C)C)n(-c2ccccc2C(F)(F)F)c1C. The van der Waals surface area contributed by atoms with Crippen LogP contribution in [0.5, 0.6) is 0 Å². The molecule has 9 heteroatoms. The fraction of sp³-hybridized carbons (Fsp3) is 0.261. The lowest BCUT2D eigenvalue weighted by atomic mass is 10.1. The molecule has 0 amide bonds. The van der Waals surface area contributed by atoms with Gasteiger partial charge in [0.05, 0.1) is 17.5 Å². The van der Waals surface area contributed by atoms with Crippen LogP contribution in [-0.4, -0.2) is 13.0 Å². The second kappa shape index (κ2) is 8.36. The number of hydrogen-bond acceptors (Lipinski definition) is 4. The number of rotatable bonds is 5. The first-order valence-electron chi connectivity index (χ1n) is 9.69. The Morgan fingerprint density at radius 3 is 2.38 bits per heavy atom. The predicted octanol–water partition coefficient (Wildman–Crippen LogP) is 6.17. The number of allylic oxidation sites excluding steroid dienone is 1. The monoisotopic (exact) mass is 462 g/mol. The van der Waals surface area contributed by atoms with Crippen molar-refractivity contribution in [1.82, 2.24) is 4.57 Å². The Balaban J connectivity index is 2.26. The van der Waals surface area contributed by atoms with Gasteiger partial charge >= 0.3 is 6.18 Å². The molecule has 168 valence electrons. The van der Waals surface area contributed by atoms with Crippen molar-refractivity contribution in [2.75, 3.05) is 0 Å². The summed E-state index contributed by atoms with van der Waals surface area (Å²) in [5, 5.41) is 9.57. The molecular formula is C23H21F3N2O3S. The van der Waals surface area contributed by atoms with Gasteiger partial charge in [-0.3, -0.25) is 0 Å². The predicted molar refractivity (Wildman–Crippen MR) is 114 cm³/mol. The van der Waals surface area contributed by atoms with Gasteiger partial charge in [0.25, 0.3) is 0 Å².